The predicted octanol–water partition coefficient (Wildman–Crippen LogP) is 6.92. The first-order valence-electron chi connectivity index (χ1n) is 21.8. The number of carbonyl (C=O) groups is 2. The minimum absolute atomic E-state index is 0.239. The highest BCUT2D eigenvalue weighted by Gasteiger charge is 2.44. The maximum atomic E-state index is 13.0. The molecule has 0 aliphatic carbocycles. The average Bonchev–Trinajstić information content (AvgIpc) is 3.16. The molecule has 8 atom stereocenters. The second-order valence-electron chi connectivity index (χ2n) is 15.7. The SMILES string of the molecule is CCCCCCCCCCCCCC[C@@H](O)[C@@H](O)[C@H](CO[C@H]1OC(CO)[C@H](O)[C@H](O)C1O)NC(=O)CCCCCCCCCC(=O)CCCCCCCBr. The van der Waals surface area contributed by atoms with E-state index in [0.717, 1.165) is 82.4 Å². The van der Waals surface area contributed by atoms with Gasteiger partial charge >= 0.3 is 0 Å². The Labute approximate surface area is 335 Å². The number of hydrogen-bond donors (Lipinski definition) is 7. The molecule has 0 spiro atoms. The molecule has 1 fully saturated rings. The van der Waals surface area contributed by atoms with Gasteiger partial charge < -0.3 is 45.4 Å². The van der Waals surface area contributed by atoms with E-state index < -0.39 is 55.6 Å². The number of ketones is 1. The second kappa shape index (κ2) is 34.4. The van der Waals surface area contributed by atoms with E-state index in [1.54, 1.807) is 0 Å². The predicted molar refractivity (Wildman–Crippen MR) is 217 cm³/mol. The van der Waals surface area contributed by atoms with Gasteiger partial charge in [0.1, 0.15) is 36.3 Å². The monoisotopic (exact) mass is 837 g/mol. The Bertz CT molecular complexity index is 899. The molecule has 0 radical (unpaired) electrons. The Morgan fingerprint density at radius 1 is 0.648 bits per heavy atom. The fourth-order valence-corrected chi connectivity index (χ4v) is 7.50. The Morgan fingerprint density at radius 3 is 1.61 bits per heavy atom. The average molecular weight is 839 g/mol. The molecule has 0 aromatic rings. The number of Topliss-reactive ketones (excluding diaryl/α,β-unsaturated/α-hetero) is 1. The molecule has 320 valence electrons. The number of nitrogens with one attached hydrogen (secondary N) is 1. The number of unbranched alkanes of at least 4 members (excludes halogenated alkanes) is 21. The number of alkyl halides is 1. The highest BCUT2D eigenvalue weighted by Crippen LogP contribution is 2.23. The van der Waals surface area contributed by atoms with E-state index in [-0.39, 0.29) is 18.9 Å². The maximum absolute atomic E-state index is 13.0. The lowest BCUT2D eigenvalue weighted by Crippen LogP contribution is -2.60. The van der Waals surface area contributed by atoms with Crippen molar-refractivity contribution < 1.29 is 49.7 Å². The number of amides is 1. The van der Waals surface area contributed by atoms with E-state index in [0.29, 0.717) is 31.5 Å². The van der Waals surface area contributed by atoms with E-state index in [2.05, 4.69) is 28.2 Å². The van der Waals surface area contributed by atoms with Gasteiger partial charge in [0.15, 0.2) is 6.29 Å². The fraction of sp³-hybridized carbons (Fsp3) is 0.952. The summed E-state index contributed by atoms with van der Waals surface area (Å²) in [4.78, 5) is 25.1. The number of aliphatic hydroxyl groups is 6. The Kier molecular flexibility index (Phi) is 32.6. The highest BCUT2D eigenvalue weighted by atomic mass is 79.9. The van der Waals surface area contributed by atoms with E-state index in [1.807, 2.05) is 0 Å². The summed E-state index contributed by atoms with van der Waals surface area (Å²) in [7, 11) is 0. The molecule has 11 nitrogen and oxygen atoms in total. The summed E-state index contributed by atoms with van der Waals surface area (Å²) >= 11 is 3.45. The lowest BCUT2D eigenvalue weighted by atomic mass is 9.98. The van der Waals surface area contributed by atoms with E-state index in [9.17, 15) is 40.2 Å². The number of halogens is 1. The molecule has 1 aliphatic heterocycles. The highest BCUT2D eigenvalue weighted by molar-refractivity contribution is 9.09. The number of ether oxygens (including phenoxy) is 2. The van der Waals surface area contributed by atoms with Crippen molar-refractivity contribution in [1.82, 2.24) is 5.32 Å². The standard InChI is InChI=1S/C42H80BrNO10/c1-2-3-4-5-6-7-8-9-10-13-18-23-28-35(47)38(49)34(32-53-42-41(52)40(51)39(50)36(31-45)54-42)44-37(48)29-24-19-14-11-12-16-21-26-33(46)27-22-17-15-20-25-30-43/h34-36,38-42,45,47,49-52H,2-32H2,1H3,(H,44,48)/t34-,35+,36?,38-,39-,40-,41?,42-/m0/s1. The van der Waals surface area contributed by atoms with Crippen LogP contribution in [0.4, 0.5) is 0 Å². The topological polar surface area (TPSA) is 186 Å². The Balaban J connectivity index is 2.43. The molecular formula is C42H80BrNO10. The van der Waals surface area contributed by atoms with E-state index >= 15 is 0 Å². The first-order valence-corrected chi connectivity index (χ1v) is 22.9. The third kappa shape index (κ3) is 24.8. The van der Waals surface area contributed by atoms with Crippen LogP contribution >= 0.6 is 15.9 Å². The van der Waals surface area contributed by atoms with E-state index in [1.165, 1.54) is 70.6 Å². The van der Waals surface area contributed by atoms with Crippen LogP contribution in [0, 0.1) is 0 Å². The maximum Gasteiger partial charge on any atom is 0.220 e. The number of hydrogen-bond acceptors (Lipinski definition) is 10. The van der Waals surface area contributed by atoms with Crippen molar-refractivity contribution in [3.8, 4) is 0 Å². The summed E-state index contributed by atoms with van der Waals surface area (Å²) in [6.07, 6.45) is 18.7. The van der Waals surface area contributed by atoms with Gasteiger partial charge in [-0.15, -0.1) is 0 Å². The normalized spacial score (nSPS) is 21.9. The lowest BCUT2D eigenvalue weighted by molar-refractivity contribution is -0.303. The molecule has 0 saturated carbocycles. The Morgan fingerprint density at radius 2 is 1.11 bits per heavy atom. The van der Waals surface area contributed by atoms with Crippen molar-refractivity contribution in [1.29, 1.82) is 0 Å². The molecule has 54 heavy (non-hydrogen) atoms. The van der Waals surface area contributed by atoms with Crippen LogP contribution in [-0.2, 0) is 19.1 Å². The molecule has 1 amide bonds. The van der Waals surface area contributed by atoms with Crippen LogP contribution in [0.3, 0.4) is 0 Å². The van der Waals surface area contributed by atoms with Crippen molar-refractivity contribution in [3.05, 3.63) is 0 Å². The van der Waals surface area contributed by atoms with Crippen LogP contribution in [0.25, 0.3) is 0 Å². The van der Waals surface area contributed by atoms with Crippen molar-refractivity contribution >= 4 is 27.6 Å². The van der Waals surface area contributed by atoms with Crippen molar-refractivity contribution in [2.24, 2.45) is 0 Å². The molecule has 12 heteroatoms. The lowest BCUT2D eigenvalue weighted by Gasteiger charge is -2.40. The smallest absolute Gasteiger partial charge is 0.220 e. The summed E-state index contributed by atoms with van der Waals surface area (Å²) in [6.45, 7) is 1.30. The summed E-state index contributed by atoms with van der Waals surface area (Å²) in [5.41, 5.74) is 0. The van der Waals surface area contributed by atoms with Crippen LogP contribution in [0.1, 0.15) is 187 Å². The fourth-order valence-electron chi connectivity index (χ4n) is 7.11. The first kappa shape index (κ1) is 51.3. The van der Waals surface area contributed by atoms with Crippen LogP contribution < -0.4 is 5.32 Å². The Hall–Kier alpha value is -0.700. The molecule has 1 aliphatic rings. The van der Waals surface area contributed by atoms with E-state index in [4.69, 9.17) is 9.47 Å². The third-order valence-electron chi connectivity index (χ3n) is 10.7. The minimum atomic E-state index is -1.62. The molecule has 0 aromatic carbocycles. The zero-order valence-corrected chi connectivity index (χ0v) is 35.3. The number of carbonyl (C=O) groups excluding carboxylic acids is 2. The van der Waals surface area contributed by atoms with Gasteiger partial charge in [0.05, 0.1) is 25.4 Å². The van der Waals surface area contributed by atoms with Gasteiger partial charge in [-0.05, 0) is 32.1 Å². The molecule has 1 heterocycles. The molecule has 2 unspecified atom stereocenters. The second-order valence-corrected chi connectivity index (χ2v) is 16.5. The molecule has 0 bridgehead atoms. The molecular weight excluding hydrogens is 758 g/mol. The quantitative estimate of drug-likeness (QED) is 0.0256. The summed E-state index contributed by atoms with van der Waals surface area (Å²) < 4.78 is 11.1. The number of rotatable bonds is 37. The molecule has 0 aromatic heterocycles. The van der Waals surface area contributed by atoms with Gasteiger partial charge in [0, 0.05) is 24.6 Å². The minimum Gasteiger partial charge on any atom is -0.394 e. The summed E-state index contributed by atoms with van der Waals surface area (Å²) in [6, 6.07) is -1.01. The van der Waals surface area contributed by atoms with Gasteiger partial charge in [-0.2, -0.15) is 0 Å². The van der Waals surface area contributed by atoms with Crippen molar-refractivity contribution in [3.63, 3.8) is 0 Å². The van der Waals surface area contributed by atoms with Gasteiger partial charge in [0.25, 0.3) is 0 Å². The first-order chi connectivity index (χ1) is 26.2. The van der Waals surface area contributed by atoms with Gasteiger partial charge in [-0.25, -0.2) is 0 Å². The number of aliphatic hydroxyl groups excluding tert-OH is 6. The summed E-state index contributed by atoms with van der Waals surface area (Å²) in [5, 5.41) is 66.0. The van der Waals surface area contributed by atoms with Gasteiger partial charge in [-0.1, -0.05) is 151 Å². The molecule has 7 N–H and O–H groups in total. The van der Waals surface area contributed by atoms with Crippen LogP contribution in [0.2, 0.25) is 0 Å². The molecule has 1 rings (SSSR count). The summed E-state index contributed by atoms with van der Waals surface area (Å²) in [5.74, 6) is 0.0797. The van der Waals surface area contributed by atoms with Crippen molar-refractivity contribution in [2.75, 3.05) is 18.5 Å². The third-order valence-corrected chi connectivity index (χ3v) is 11.3. The zero-order valence-electron chi connectivity index (χ0n) is 33.7. The molecule has 1 saturated heterocycles. The van der Waals surface area contributed by atoms with Crippen LogP contribution in [0.15, 0.2) is 0 Å². The van der Waals surface area contributed by atoms with Crippen LogP contribution in [-0.4, -0.2) is 110 Å². The van der Waals surface area contributed by atoms with Crippen LogP contribution in [0.5, 0.6) is 0 Å². The largest absolute Gasteiger partial charge is 0.394 e. The van der Waals surface area contributed by atoms with Crippen molar-refractivity contribution in [2.45, 2.75) is 236 Å². The van der Waals surface area contributed by atoms with Gasteiger partial charge in [-0.3, -0.25) is 9.59 Å². The van der Waals surface area contributed by atoms with Gasteiger partial charge in [0.2, 0.25) is 5.91 Å². The zero-order chi connectivity index (χ0) is 39.8.